The summed E-state index contributed by atoms with van der Waals surface area (Å²) in [6.45, 7) is 17.9. The monoisotopic (exact) mass is 471 g/mol. The van der Waals surface area contributed by atoms with Crippen LogP contribution in [0.4, 0.5) is 4.79 Å². The summed E-state index contributed by atoms with van der Waals surface area (Å²) in [5.74, 6) is -1.63. The number of fused-ring (bicyclic) bond motifs is 2. The molecule has 2 rings (SSSR count). The molecular formula is C23H41NO7Si. The predicted molar refractivity (Wildman–Crippen MR) is 123 cm³/mol. The van der Waals surface area contributed by atoms with Gasteiger partial charge in [-0.05, 0) is 65.1 Å². The zero-order valence-corrected chi connectivity index (χ0v) is 22.3. The maximum Gasteiger partial charge on any atom is 0.410 e. The summed E-state index contributed by atoms with van der Waals surface area (Å²) in [5.41, 5.74) is -0.654. The maximum absolute atomic E-state index is 13.2. The topological polar surface area (TPSA) is 91.4 Å². The van der Waals surface area contributed by atoms with Gasteiger partial charge in [-0.1, -0.05) is 20.8 Å². The van der Waals surface area contributed by atoms with Crippen LogP contribution in [0.1, 0.15) is 67.7 Å². The van der Waals surface area contributed by atoms with Crippen molar-refractivity contribution in [3.63, 3.8) is 0 Å². The van der Waals surface area contributed by atoms with Gasteiger partial charge in [-0.2, -0.15) is 0 Å². The normalized spacial score (nSPS) is 27.0. The van der Waals surface area contributed by atoms with Crippen molar-refractivity contribution in [1.82, 2.24) is 4.90 Å². The molecule has 5 atom stereocenters. The maximum atomic E-state index is 13.2. The van der Waals surface area contributed by atoms with Crippen molar-refractivity contribution in [2.45, 2.75) is 116 Å². The first-order valence-corrected chi connectivity index (χ1v) is 14.4. The highest BCUT2D eigenvalue weighted by Crippen LogP contribution is 2.45. The quantitative estimate of drug-likeness (QED) is 0.336. The second-order valence-electron chi connectivity index (χ2n) is 11.5. The Hall–Kier alpha value is -1.61. The molecule has 0 unspecified atom stereocenters. The zero-order chi connectivity index (χ0) is 24.6. The number of methoxy groups -OCH3 is 1. The highest BCUT2D eigenvalue weighted by molar-refractivity contribution is 6.74. The van der Waals surface area contributed by atoms with Crippen molar-refractivity contribution in [3.05, 3.63) is 0 Å². The van der Waals surface area contributed by atoms with Crippen LogP contribution in [0, 0.1) is 5.92 Å². The van der Waals surface area contributed by atoms with Gasteiger partial charge in [-0.3, -0.25) is 9.69 Å². The summed E-state index contributed by atoms with van der Waals surface area (Å²) in [6, 6.07) is -0.616. The van der Waals surface area contributed by atoms with E-state index >= 15 is 0 Å². The lowest BCUT2D eigenvalue weighted by atomic mass is 9.97. The first-order valence-electron chi connectivity index (χ1n) is 11.5. The van der Waals surface area contributed by atoms with Crippen LogP contribution in [0.15, 0.2) is 0 Å². The number of hydrogen-bond donors (Lipinski definition) is 0. The third-order valence-corrected chi connectivity index (χ3v) is 11.3. The van der Waals surface area contributed by atoms with Crippen molar-refractivity contribution < 1.29 is 33.0 Å². The largest absolute Gasteiger partial charge is 0.466 e. The predicted octanol–water partition coefficient (Wildman–Crippen LogP) is 4.27. The van der Waals surface area contributed by atoms with Crippen molar-refractivity contribution in [2.75, 3.05) is 7.11 Å². The second kappa shape index (κ2) is 9.33. The molecule has 32 heavy (non-hydrogen) atoms. The van der Waals surface area contributed by atoms with E-state index in [0.29, 0.717) is 12.8 Å². The van der Waals surface area contributed by atoms with Crippen molar-refractivity contribution in [2.24, 2.45) is 5.92 Å². The van der Waals surface area contributed by atoms with Gasteiger partial charge in [0.2, 0.25) is 0 Å². The number of hydrogen-bond acceptors (Lipinski definition) is 7. The molecule has 0 aliphatic carbocycles. The molecule has 0 aromatic rings. The van der Waals surface area contributed by atoms with Gasteiger partial charge in [0.05, 0.1) is 25.2 Å². The molecular weight excluding hydrogens is 430 g/mol. The molecule has 0 spiro atoms. The molecule has 2 fully saturated rings. The number of amides is 1. The average molecular weight is 472 g/mol. The van der Waals surface area contributed by atoms with E-state index in [1.807, 2.05) is 20.8 Å². The smallest absolute Gasteiger partial charge is 0.410 e. The Morgan fingerprint density at radius 3 is 2.09 bits per heavy atom. The van der Waals surface area contributed by atoms with Crippen LogP contribution < -0.4 is 0 Å². The molecule has 2 saturated heterocycles. The highest BCUT2D eigenvalue weighted by Gasteiger charge is 2.56. The third-order valence-electron chi connectivity index (χ3n) is 6.84. The molecule has 0 radical (unpaired) electrons. The molecule has 0 saturated carbocycles. The molecule has 0 aromatic carbocycles. The summed E-state index contributed by atoms with van der Waals surface area (Å²) in [4.78, 5) is 39.6. The first kappa shape index (κ1) is 26.6. The van der Waals surface area contributed by atoms with E-state index in [1.54, 1.807) is 4.90 Å². The van der Waals surface area contributed by atoms with Crippen molar-refractivity contribution in [1.29, 1.82) is 0 Å². The molecule has 2 aliphatic rings. The van der Waals surface area contributed by atoms with Crippen LogP contribution in [0.2, 0.25) is 18.1 Å². The summed E-state index contributed by atoms with van der Waals surface area (Å²) in [6.07, 6.45) is 0.194. The van der Waals surface area contributed by atoms with Gasteiger partial charge in [0, 0.05) is 6.04 Å². The number of carbonyl (C=O) groups excluding carboxylic acids is 3. The van der Waals surface area contributed by atoms with Crippen molar-refractivity contribution >= 4 is 26.3 Å². The number of ether oxygens (including phenoxy) is 3. The van der Waals surface area contributed by atoms with Gasteiger partial charge in [0.1, 0.15) is 5.60 Å². The van der Waals surface area contributed by atoms with Crippen LogP contribution in [0.5, 0.6) is 0 Å². The second-order valence-corrected chi connectivity index (χ2v) is 16.2. The minimum absolute atomic E-state index is 0.0213. The number of esters is 2. The summed E-state index contributed by atoms with van der Waals surface area (Å²) in [5, 5.41) is 0.0213. The fourth-order valence-electron chi connectivity index (χ4n) is 4.18. The van der Waals surface area contributed by atoms with Gasteiger partial charge in [-0.15, -0.1) is 0 Å². The fraction of sp³-hybridized carbons (Fsp3) is 0.870. The van der Waals surface area contributed by atoms with Crippen molar-refractivity contribution in [3.8, 4) is 0 Å². The Balaban J connectivity index is 2.29. The third kappa shape index (κ3) is 5.84. The van der Waals surface area contributed by atoms with E-state index in [-0.39, 0.29) is 23.2 Å². The summed E-state index contributed by atoms with van der Waals surface area (Å²) >= 11 is 0. The molecule has 184 valence electrons. The minimum Gasteiger partial charge on any atom is -0.466 e. The first-order chi connectivity index (χ1) is 14.5. The SMILES string of the molecule is COC(=O)[C@H](C)OC(=O)[C@H]1C[C@@H]2[C@@H](O[Si](C)(C)C(C)(C)C)CC[C@H]1N2C(=O)OC(C)(C)C. The van der Waals surface area contributed by atoms with Gasteiger partial charge in [-0.25, -0.2) is 9.59 Å². The summed E-state index contributed by atoms with van der Waals surface area (Å²) < 4.78 is 22.5. The molecule has 2 aliphatic heterocycles. The fourth-order valence-corrected chi connectivity index (χ4v) is 5.56. The number of piperidine rings is 1. The molecule has 0 N–H and O–H groups in total. The Morgan fingerprint density at radius 1 is 1.00 bits per heavy atom. The molecule has 9 heteroatoms. The molecule has 0 aromatic heterocycles. The van der Waals surface area contributed by atoms with Crippen LogP contribution in [0.25, 0.3) is 0 Å². The van der Waals surface area contributed by atoms with E-state index in [2.05, 4.69) is 38.6 Å². The lowest BCUT2D eigenvalue weighted by molar-refractivity contribution is -0.168. The minimum atomic E-state index is -2.09. The van der Waals surface area contributed by atoms with Gasteiger partial charge in [0.25, 0.3) is 0 Å². The molecule has 2 heterocycles. The Bertz CT molecular complexity index is 725. The standard InChI is InChI=1S/C23H41NO7Si/c1-14(19(25)28-8)29-20(26)15-13-17-18(31-32(9,10)23(5,6)7)12-11-16(15)24(17)21(27)30-22(2,3)4/h14-18H,11-13H2,1-10H3/t14-,15-,16+,17+,18-/m0/s1. The average Bonchev–Trinajstić information content (AvgIpc) is 2.92. The van der Waals surface area contributed by atoms with Gasteiger partial charge < -0.3 is 18.6 Å². The Kier molecular flexibility index (Phi) is 7.76. The molecule has 1 amide bonds. The van der Waals surface area contributed by atoms with Crippen LogP contribution >= 0.6 is 0 Å². The lowest BCUT2D eigenvalue weighted by Crippen LogP contribution is -2.56. The van der Waals surface area contributed by atoms with E-state index in [1.165, 1.54) is 14.0 Å². The van der Waals surface area contributed by atoms with Gasteiger partial charge in [0.15, 0.2) is 14.4 Å². The van der Waals surface area contributed by atoms with E-state index in [0.717, 1.165) is 6.42 Å². The number of rotatable bonds is 5. The van der Waals surface area contributed by atoms with Crippen LogP contribution in [-0.4, -0.2) is 68.3 Å². The number of carbonyl (C=O) groups is 3. The summed E-state index contributed by atoms with van der Waals surface area (Å²) in [7, 11) is -0.842. The molecule has 2 bridgehead atoms. The van der Waals surface area contributed by atoms with Crippen LogP contribution in [0.3, 0.4) is 0 Å². The lowest BCUT2D eigenvalue weighted by Gasteiger charge is -2.46. The Labute approximate surface area is 193 Å². The Morgan fingerprint density at radius 2 is 1.59 bits per heavy atom. The van der Waals surface area contributed by atoms with E-state index in [9.17, 15) is 14.4 Å². The van der Waals surface area contributed by atoms with E-state index in [4.69, 9.17) is 13.9 Å². The highest BCUT2D eigenvalue weighted by atomic mass is 28.4. The zero-order valence-electron chi connectivity index (χ0n) is 21.3. The molecule has 8 nitrogen and oxygen atoms in total. The van der Waals surface area contributed by atoms with Crippen LogP contribution in [-0.2, 0) is 28.2 Å². The van der Waals surface area contributed by atoms with E-state index < -0.39 is 44.0 Å². The number of nitrogens with zero attached hydrogens (tertiary/aromatic N) is 1. The van der Waals surface area contributed by atoms with Gasteiger partial charge >= 0.3 is 18.0 Å².